The molecule has 0 aromatic heterocycles. The van der Waals surface area contributed by atoms with Crippen LogP contribution in [0.25, 0.3) is 0 Å². The number of amides is 1. The minimum absolute atomic E-state index is 0.00372. The van der Waals surface area contributed by atoms with Crippen LogP contribution in [0, 0.1) is 0 Å². The summed E-state index contributed by atoms with van der Waals surface area (Å²) in [6, 6.07) is 7.13. The van der Waals surface area contributed by atoms with Crippen LogP contribution in [0.2, 0.25) is 0 Å². The summed E-state index contributed by atoms with van der Waals surface area (Å²) in [7, 11) is 3.86. The van der Waals surface area contributed by atoms with E-state index in [2.05, 4.69) is 10.3 Å². The summed E-state index contributed by atoms with van der Waals surface area (Å²) in [6.45, 7) is -0.953. The lowest BCUT2D eigenvalue weighted by Gasteiger charge is -2.13. The molecule has 0 aliphatic carbocycles. The predicted octanol–water partition coefficient (Wildman–Crippen LogP) is 2.45. The molecule has 0 radical (unpaired) electrons. The third-order valence-electron chi connectivity index (χ3n) is 3.77. The lowest BCUT2D eigenvalue weighted by Crippen LogP contribution is -2.32. The van der Waals surface area contributed by atoms with E-state index in [1.54, 1.807) is 6.92 Å². The first-order chi connectivity index (χ1) is 13.9. The number of anilines is 1. The summed E-state index contributed by atoms with van der Waals surface area (Å²) >= 11 is 0. The van der Waals surface area contributed by atoms with Gasteiger partial charge < -0.3 is 10.2 Å². The molecule has 0 saturated heterocycles. The SMILES string of the molecule is [2H]C1=C(C([2H])([2H])[2H])C([2H])=[N+]2C(=NC(C)=C2C(=O)NCc2ccc(N(C)C)cc2)C1[2H]. The van der Waals surface area contributed by atoms with Crippen molar-refractivity contribution in [1.29, 1.82) is 0 Å². The van der Waals surface area contributed by atoms with Crippen LogP contribution in [0.5, 0.6) is 0 Å². The number of nitrogens with zero attached hydrogens (tertiary/aromatic N) is 3. The predicted molar refractivity (Wildman–Crippen MR) is 97.4 cm³/mol. The molecule has 2 aliphatic heterocycles. The van der Waals surface area contributed by atoms with Gasteiger partial charge in [0.15, 0.2) is 0 Å². The number of fused-ring (bicyclic) bond motifs is 1. The van der Waals surface area contributed by atoms with E-state index >= 15 is 0 Å². The number of nitrogens with one attached hydrogen (secondary N) is 1. The number of carbonyl (C=O) groups is 1. The Kier molecular flexibility index (Phi) is 2.74. The summed E-state index contributed by atoms with van der Waals surface area (Å²) in [6.07, 6.45) is -1.90. The van der Waals surface area contributed by atoms with Crippen molar-refractivity contribution in [3.05, 3.63) is 52.8 Å². The highest BCUT2D eigenvalue weighted by Crippen LogP contribution is 2.21. The van der Waals surface area contributed by atoms with E-state index in [0.29, 0.717) is 0 Å². The van der Waals surface area contributed by atoms with Gasteiger partial charge in [-0.05, 0) is 35.1 Å². The third-order valence-corrected chi connectivity index (χ3v) is 3.77. The number of hydrogen-bond acceptors (Lipinski definition) is 3. The Morgan fingerprint density at radius 2 is 2.21 bits per heavy atom. The highest BCUT2D eigenvalue weighted by Gasteiger charge is 2.35. The Hall–Kier alpha value is -2.69. The van der Waals surface area contributed by atoms with Crippen LogP contribution in [0.15, 0.2) is 52.3 Å². The molecule has 0 saturated carbocycles. The van der Waals surface area contributed by atoms with Gasteiger partial charge in [0.2, 0.25) is 11.4 Å². The van der Waals surface area contributed by atoms with Crippen molar-refractivity contribution in [2.45, 2.75) is 26.7 Å². The fraction of sp³-hybridized carbons (Fsp3) is 0.316. The van der Waals surface area contributed by atoms with Crippen LogP contribution >= 0.6 is 0 Å². The molecule has 3 rings (SSSR count). The summed E-state index contributed by atoms with van der Waals surface area (Å²) in [4.78, 5) is 19.0. The molecule has 1 N–H and O–H groups in total. The molecule has 5 heteroatoms. The maximum Gasteiger partial charge on any atom is 0.308 e. The molecular formula is C19H23N4O+. The molecule has 1 amide bonds. The van der Waals surface area contributed by atoms with Gasteiger partial charge in [0.25, 0.3) is 5.91 Å². The Morgan fingerprint density at radius 1 is 1.46 bits per heavy atom. The van der Waals surface area contributed by atoms with Gasteiger partial charge in [0.1, 0.15) is 1.37 Å². The van der Waals surface area contributed by atoms with Gasteiger partial charge in [0, 0.05) is 38.7 Å². The van der Waals surface area contributed by atoms with E-state index in [9.17, 15) is 4.79 Å². The molecule has 1 unspecified atom stereocenters. The van der Waals surface area contributed by atoms with E-state index in [4.69, 9.17) is 8.22 Å². The molecule has 1 aromatic carbocycles. The highest BCUT2D eigenvalue weighted by atomic mass is 16.2. The Morgan fingerprint density at radius 3 is 2.88 bits per heavy atom. The van der Waals surface area contributed by atoms with Crippen molar-refractivity contribution in [2.24, 2.45) is 4.99 Å². The van der Waals surface area contributed by atoms with Crippen LogP contribution in [0.1, 0.15) is 34.0 Å². The van der Waals surface area contributed by atoms with Crippen LogP contribution < -0.4 is 10.2 Å². The van der Waals surface area contributed by atoms with E-state index in [0.717, 1.165) is 15.8 Å². The Bertz CT molecular complexity index is 1020. The molecule has 24 heavy (non-hydrogen) atoms. The molecule has 0 fully saturated rings. The van der Waals surface area contributed by atoms with Crippen LogP contribution in [0.4, 0.5) is 5.69 Å². The second-order valence-electron chi connectivity index (χ2n) is 5.76. The summed E-state index contributed by atoms with van der Waals surface area (Å²) in [5.41, 5.74) is 1.63. The molecule has 0 bridgehead atoms. The highest BCUT2D eigenvalue weighted by molar-refractivity contribution is 6.00. The first kappa shape index (κ1) is 10.2. The Labute approximate surface area is 151 Å². The topological polar surface area (TPSA) is 47.7 Å². The zero-order valence-electron chi connectivity index (χ0n) is 19.8. The molecule has 2 aliphatic rings. The third kappa shape index (κ3) is 3.15. The molecular weight excluding hydrogens is 300 g/mol. The molecule has 1 aromatic rings. The molecule has 2 heterocycles. The smallest absolute Gasteiger partial charge is 0.308 e. The molecule has 0 spiro atoms. The number of allylic oxidation sites excluding steroid dienone is 2. The van der Waals surface area contributed by atoms with Crippen molar-refractivity contribution in [1.82, 2.24) is 5.32 Å². The van der Waals surface area contributed by atoms with Gasteiger partial charge in [-0.1, -0.05) is 18.2 Å². The van der Waals surface area contributed by atoms with Crippen LogP contribution in [-0.4, -0.2) is 36.6 Å². The average molecular weight is 329 g/mol. The maximum atomic E-state index is 12.9. The van der Waals surface area contributed by atoms with E-state index in [1.165, 1.54) is 0 Å². The van der Waals surface area contributed by atoms with E-state index < -0.39 is 37.0 Å². The number of hydrogen-bond donors (Lipinski definition) is 1. The lowest BCUT2D eigenvalue weighted by molar-refractivity contribution is -0.337. The minimum Gasteiger partial charge on any atom is -0.378 e. The zero-order valence-corrected chi connectivity index (χ0v) is 13.8. The van der Waals surface area contributed by atoms with Crippen molar-refractivity contribution in [3.8, 4) is 0 Å². The second-order valence-corrected chi connectivity index (χ2v) is 5.76. The van der Waals surface area contributed by atoms with Gasteiger partial charge >= 0.3 is 5.84 Å². The number of rotatable bonds is 4. The quantitative estimate of drug-likeness (QED) is 0.863. The number of amidine groups is 1. The fourth-order valence-electron chi connectivity index (χ4n) is 2.49. The fourth-order valence-corrected chi connectivity index (χ4v) is 2.49. The molecule has 5 nitrogen and oxygen atoms in total. The first-order valence-corrected chi connectivity index (χ1v) is 7.55. The normalized spacial score (nSPS) is 24.3. The number of benzene rings is 1. The van der Waals surface area contributed by atoms with Crippen molar-refractivity contribution in [3.63, 3.8) is 0 Å². The van der Waals surface area contributed by atoms with E-state index in [1.807, 2.05) is 43.3 Å². The summed E-state index contributed by atoms with van der Waals surface area (Å²) < 4.78 is 48.5. The Balaban J connectivity index is 1.88. The van der Waals surface area contributed by atoms with Gasteiger partial charge in [-0.3, -0.25) is 4.79 Å². The lowest BCUT2D eigenvalue weighted by atomic mass is 10.1. The average Bonchev–Trinajstić information content (AvgIpc) is 3.01. The van der Waals surface area contributed by atoms with Gasteiger partial charge in [0.05, 0.1) is 14.0 Å². The second kappa shape index (κ2) is 6.43. The van der Waals surface area contributed by atoms with Gasteiger partial charge in [-0.15, -0.1) is 0 Å². The maximum absolute atomic E-state index is 12.9. The van der Waals surface area contributed by atoms with Gasteiger partial charge in [-0.25, -0.2) is 0 Å². The van der Waals surface area contributed by atoms with Crippen LogP contribution in [0.3, 0.4) is 0 Å². The summed E-state index contributed by atoms with van der Waals surface area (Å²) in [5, 5.41) is 2.77. The monoisotopic (exact) mass is 329 g/mol. The van der Waals surface area contributed by atoms with Crippen molar-refractivity contribution >= 4 is 23.6 Å². The molecule has 124 valence electrons. The minimum atomic E-state index is -2.74. The first-order valence-electron chi connectivity index (χ1n) is 10.6. The van der Waals surface area contributed by atoms with Crippen LogP contribution in [-0.2, 0) is 11.3 Å². The van der Waals surface area contributed by atoms with Crippen molar-refractivity contribution in [2.75, 3.05) is 19.0 Å². The largest absolute Gasteiger partial charge is 0.378 e. The number of aliphatic imine (C=N–C) groups is 1. The number of carbonyl (C=O) groups excluding carboxylic acids is 1. The van der Waals surface area contributed by atoms with Crippen molar-refractivity contribution < 1.29 is 17.6 Å². The molecule has 1 atom stereocenters. The zero-order chi connectivity index (χ0) is 22.4. The standard InChI is InChI=1S/C19H22N4O/c1-13-5-10-17-21-14(2)18(23(17)12-13)19(24)20-11-15-6-8-16(9-7-15)22(3)4/h5-9,12H,10-11H2,1-4H3/p+1/i1D3,5D,10D,12D. The van der Waals surface area contributed by atoms with E-state index in [-0.39, 0.29) is 23.8 Å². The summed E-state index contributed by atoms with van der Waals surface area (Å²) in [5.74, 6) is -0.533. The van der Waals surface area contributed by atoms with Gasteiger partial charge in [-0.2, -0.15) is 4.58 Å².